The molecule has 3 nitrogen and oxygen atoms in total. The number of para-hydroxylation sites is 1. The van der Waals surface area contributed by atoms with Crippen molar-refractivity contribution in [3.8, 4) is 0 Å². The Morgan fingerprint density at radius 2 is 1.03 bits per heavy atom. The first-order valence-corrected chi connectivity index (χ1v) is 11.0. The Labute approximate surface area is 205 Å². The van der Waals surface area contributed by atoms with E-state index in [-0.39, 0.29) is 20.4 Å². The smallest absolute Gasteiger partial charge is 0.0638 e. The standard InChI is InChI=1S/C29H29N3.2CH4/c1-29(2,3)32-28-15-11-23(12-16-28)21-22-9-13-25(14-10-22)31-27-19-17-26(18-20-27)30-24-7-5-4-6-8-24;;/h4-20,32H,21H2,1-3H3;2*1H4. The van der Waals surface area contributed by atoms with Crippen molar-refractivity contribution in [3.05, 3.63) is 114 Å². The van der Waals surface area contributed by atoms with Gasteiger partial charge in [0.25, 0.3) is 0 Å². The van der Waals surface area contributed by atoms with Crippen LogP contribution in [-0.4, -0.2) is 17.0 Å². The molecule has 0 unspecified atom stereocenters. The van der Waals surface area contributed by atoms with E-state index in [0.29, 0.717) is 0 Å². The highest BCUT2D eigenvalue weighted by Crippen LogP contribution is 2.20. The zero-order valence-electron chi connectivity index (χ0n) is 18.9. The Morgan fingerprint density at radius 3 is 1.50 bits per heavy atom. The van der Waals surface area contributed by atoms with Gasteiger partial charge in [-0.05, 0) is 99.0 Å². The lowest BCUT2D eigenvalue weighted by molar-refractivity contribution is 0.634. The highest BCUT2D eigenvalue weighted by molar-refractivity contribution is 6.19. The minimum absolute atomic E-state index is 0. The Hall–Kier alpha value is -3.72. The highest BCUT2D eigenvalue weighted by Gasteiger charge is 2.08. The van der Waals surface area contributed by atoms with Gasteiger partial charge in [0.1, 0.15) is 0 Å². The van der Waals surface area contributed by atoms with Crippen LogP contribution in [0.15, 0.2) is 113 Å². The lowest BCUT2D eigenvalue weighted by Gasteiger charge is -2.22. The van der Waals surface area contributed by atoms with Crippen LogP contribution in [0.25, 0.3) is 0 Å². The summed E-state index contributed by atoms with van der Waals surface area (Å²) in [5, 5.41) is 3.50. The number of allylic oxidation sites excluding steroid dienone is 4. The van der Waals surface area contributed by atoms with Gasteiger partial charge in [0, 0.05) is 11.2 Å². The maximum Gasteiger partial charge on any atom is 0.0638 e. The number of benzene rings is 3. The van der Waals surface area contributed by atoms with Crippen LogP contribution in [0.4, 0.5) is 17.1 Å². The highest BCUT2D eigenvalue weighted by atomic mass is 14.9. The van der Waals surface area contributed by atoms with E-state index in [1.807, 2.05) is 54.6 Å². The van der Waals surface area contributed by atoms with Gasteiger partial charge in [0.15, 0.2) is 0 Å². The van der Waals surface area contributed by atoms with Crippen molar-refractivity contribution in [2.45, 2.75) is 47.6 Å². The number of hydrogen-bond acceptors (Lipinski definition) is 3. The van der Waals surface area contributed by atoms with Crippen LogP contribution in [-0.2, 0) is 6.42 Å². The monoisotopic (exact) mass is 451 g/mol. The van der Waals surface area contributed by atoms with E-state index in [1.165, 1.54) is 11.1 Å². The molecule has 0 fully saturated rings. The SMILES string of the molecule is C.C.CC(C)(C)Nc1ccc(Cc2ccc(N=C3C=CC(=Nc4ccccc4)C=C3)cc2)cc1. The Morgan fingerprint density at radius 1 is 0.588 bits per heavy atom. The molecule has 0 heterocycles. The molecule has 0 saturated carbocycles. The minimum Gasteiger partial charge on any atom is -0.380 e. The van der Waals surface area contributed by atoms with Crippen LogP contribution in [0, 0.1) is 0 Å². The van der Waals surface area contributed by atoms with E-state index in [0.717, 1.165) is 34.9 Å². The van der Waals surface area contributed by atoms with Crippen LogP contribution in [0.2, 0.25) is 0 Å². The molecule has 3 aromatic rings. The Balaban J connectivity index is 0.00000204. The average Bonchev–Trinajstić information content (AvgIpc) is 2.78. The summed E-state index contributed by atoms with van der Waals surface area (Å²) >= 11 is 0. The van der Waals surface area contributed by atoms with Crippen LogP contribution in [0.1, 0.15) is 46.8 Å². The normalized spacial score (nSPS) is 12.4. The van der Waals surface area contributed by atoms with Gasteiger partial charge in [-0.1, -0.05) is 57.3 Å². The third-order valence-electron chi connectivity index (χ3n) is 4.94. The second-order valence-corrected chi connectivity index (χ2v) is 8.99. The van der Waals surface area contributed by atoms with E-state index >= 15 is 0 Å². The van der Waals surface area contributed by atoms with Gasteiger partial charge in [0.2, 0.25) is 0 Å². The molecule has 0 saturated heterocycles. The molecule has 0 aliphatic heterocycles. The second-order valence-electron chi connectivity index (χ2n) is 8.99. The summed E-state index contributed by atoms with van der Waals surface area (Å²) in [6.45, 7) is 6.51. The van der Waals surface area contributed by atoms with Crippen molar-refractivity contribution >= 4 is 28.5 Å². The van der Waals surface area contributed by atoms with Gasteiger partial charge < -0.3 is 5.32 Å². The molecule has 0 amide bonds. The van der Waals surface area contributed by atoms with E-state index in [9.17, 15) is 0 Å². The second kappa shape index (κ2) is 11.9. The van der Waals surface area contributed by atoms with E-state index in [2.05, 4.69) is 79.6 Å². The van der Waals surface area contributed by atoms with Crippen molar-refractivity contribution in [1.82, 2.24) is 0 Å². The van der Waals surface area contributed by atoms with Gasteiger partial charge in [0.05, 0.1) is 22.8 Å². The zero-order chi connectivity index (χ0) is 22.4. The molecule has 1 aliphatic rings. The van der Waals surface area contributed by atoms with Gasteiger partial charge >= 0.3 is 0 Å². The van der Waals surface area contributed by atoms with Gasteiger partial charge in [-0.3, -0.25) is 0 Å². The molecule has 34 heavy (non-hydrogen) atoms. The third-order valence-corrected chi connectivity index (χ3v) is 4.94. The van der Waals surface area contributed by atoms with E-state index < -0.39 is 0 Å². The Bertz CT molecular complexity index is 1140. The van der Waals surface area contributed by atoms with Crippen molar-refractivity contribution in [3.63, 3.8) is 0 Å². The first-order valence-electron chi connectivity index (χ1n) is 11.0. The summed E-state index contributed by atoms with van der Waals surface area (Å²) < 4.78 is 0. The summed E-state index contributed by atoms with van der Waals surface area (Å²) in [5.41, 5.74) is 7.54. The lowest BCUT2D eigenvalue weighted by atomic mass is 10.0. The topological polar surface area (TPSA) is 36.8 Å². The molecular weight excluding hydrogens is 414 g/mol. The maximum atomic E-state index is 4.73. The fraction of sp³-hybridized carbons (Fsp3) is 0.226. The zero-order valence-corrected chi connectivity index (χ0v) is 18.9. The number of rotatable bonds is 5. The molecule has 0 spiro atoms. The van der Waals surface area contributed by atoms with Crippen molar-refractivity contribution in [2.24, 2.45) is 9.98 Å². The van der Waals surface area contributed by atoms with Gasteiger partial charge in [-0.25, -0.2) is 9.98 Å². The molecule has 3 heteroatoms. The third kappa shape index (κ3) is 8.00. The fourth-order valence-corrected chi connectivity index (χ4v) is 3.47. The number of anilines is 1. The molecule has 176 valence electrons. The Kier molecular flexibility index (Phi) is 9.32. The van der Waals surface area contributed by atoms with Crippen LogP contribution in [0.5, 0.6) is 0 Å². The van der Waals surface area contributed by atoms with Crippen molar-refractivity contribution in [1.29, 1.82) is 0 Å². The fourth-order valence-electron chi connectivity index (χ4n) is 3.47. The molecule has 0 radical (unpaired) electrons. The van der Waals surface area contributed by atoms with E-state index in [1.54, 1.807) is 0 Å². The summed E-state index contributed by atoms with van der Waals surface area (Å²) in [6, 6.07) is 27.1. The quantitative estimate of drug-likeness (QED) is 0.387. The molecule has 1 aliphatic carbocycles. The van der Waals surface area contributed by atoms with Gasteiger partial charge in [-0.2, -0.15) is 0 Å². The molecule has 4 rings (SSSR count). The summed E-state index contributed by atoms with van der Waals surface area (Å²) in [4.78, 5) is 9.35. The molecule has 0 bridgehead atoms. The molecular formula is C31H37N3. The molecule has 0 atom stereocenters. The molecule has 1 N–H and O–H groups in total. The number of nitrogens with zero attached hydrogens (tertiary/aromatic N) is 2. The van der Waals surface area contributed by atoms with Crippen molar-refractivity contribution < 1.29 is 0 Å². The number of aliphatic imine (C=N–C) groups is 2. The van der Waals surface area contributed by atoms with Crippen LogP contribution in [0.3, 0.4) is 0 Å². The summed E-state index contributed by atoms with van der Waals surface area (Å²) in [7, 11) is 0. The predicted octanol–water partition coefficient (Wildman–Crippen LogP) is 8.73. The first kappa shape index (κ1) is 26.5. The first-order chi connectivity index (χ1) is 15.4. The molecule has 3 aromatic carbocycles. The largest absolute Gasteiger partial charge is 0.380 e. The number of nitrogens with one attached hydrogen (secondary N) is 1. The molecule has 0 aromatic heterocycles. The summed E-state index contributed by atoms with van der Waals surface area (Å²) in [6.07, 6.45) is 8.91. The minimum atomic E-state index is 0. The lowest BCUT2D eigenvalue weighted by Crippen LogP contribution is -2.25. The predicted molar refractivity (Wildman–Crippen MR) is 151 cm³/mol. The number of hydrogen-bond donors (Lipinski definition) is 1. The maximum absolute atomic E-state index is 4.73. The average molecular weight is 452 g/mol. The van der Waals surface area contributed by atoms with E-state index in [4.69, 9.17) is 4.99 Å². The van der Waals surface area contributed by atoms with Gasteiger partial charge in [-0.15, -0.1) is 0 Å². The van der Waals surface area contributed by atoms with Crippen molar-refractivity contribution in [2.75, 3.05) is 5.32 Å². The summed E-state index contributed by atoms with van der Waals surface area (Å²) in [5.74, 6) is 0. The van der Waals surface area contributed by atoms with Crippen LogP contribution >= 0.6 is 0 Å². The van der Waals surface area contributed by atoms with Crippen LogP contribution < -0.4 is 5.32 Å².